The average Bonchev–Trinajstić information content (AvgIpc) is 3.01. The minimum absolute atomic E-state index is 0. The van der Waals surface area contributed by atoms with Crippen molar-refractivity contribution in [2.24, 2.45) is 16.2 Å². The zero-order valence-corrected chi connectivity index (χ0v) is 24.1. The van der Waals surface area contributed by atoms with Gasteiger partial charge < -0.3 is 0 Å². The molecule has 0 radical (unpaired) electrons. The van der Waals surface area contributed by atoms with Crippen LogP contribution in [-0.2, 0) is 0 Å². The fourth-order valence-corrected chi connectivity index (χ4v) is 2.19. The lowest BCUT2D eigenvalue weighted by Crippen LogP contribution is -1.93. The molecule has 3 aliphatic rings. The van der Waals surface area contributed by atoms with Gasteiger partial charge in [-0.25, -0.2) is 0 Å². The van der Waals surface area contributed by atoms with Crippen LogP contribution in [-0.4, -0.2) is 0 Å². The second kappa shape index (κ2) is 23.2. The SMILES string of the molecule is C.C1CCC1.C1CCCC1.C1CCCCC1.CC(C)(C)C.CC(C)(C)C.CC(C)(C)C. The summed E-state index contributed by atoms with van der Waals surface area (Å²) in [6, 6.07) is 0. The summed E-state index contributed by atoms with van der Waals surface area (Å²) < 4.78 is 0. The normalized spacial score (nSPS) is 17.4. The van der Waals surface area contributed by atoms with E-state index < -0.39 is 0 Å². The third-order valence-corrected chi connectivity index (χ3v) is 3.75. The average molecular weight is 443 g/mol. The summed E-state index contributed by atoms with van der Waals surface area (Å²) in [5.74, 6) is 0. The molecule has 0 amide bonds. The van der Waals surface area contributed by atoms with Gasteiger partial charge in [-0.05, 0) is 16.2 Å². The summed E-state index contributed by atoms with van der Waals surface area (Å²) >= 11 is 0. The Bertz CT molecular complexity index is 223. The summed E-state index contributed by atoms with van der Waals surface area (Å²) in [7, 11) is 0. The molecule has 0 aromatic rings. The Labute approximate surface area is 203 Å². The fraction of sp³-hybridized carbons (Fsp3) is 1.00. The van der Waals surface area contributed by atoms with Crippen LogP contribution in [0, 0.1) is 16.2 Å². The van der Waals surface area contributed by atoms with Gasteiger partial charge >= 0.3 is 0 Å². The summed E-state index contributed by atoms with van der Waals surface area (Å²) in [5, 5.41) is 0. The van der Waals surface area contributed by atoms with Crippen LogP contribution in [0.5, 0.6) is 0 Å². The molecule has 0 aromatic heterocycles. The molecule has 3 aliphatic carbocycles. The zero-order chi connectivity index (χ0) is 24.1. The molecule has 0 aromatic carbocycles. The second-order valence-electron chi connectivity index (χ2n) is 14.3. The molecular weight excluding hydrogens is 372 g/mol. The standard InChI is InChI=1S/C6H12.C5H10.3C5H12.C4H8.CH4/c1-2-4-6-5-3-1;1-2-4-5-3-1;3*1-5(2,3)4;1-2-4-3-1;/h1-6H2;1-5H2;3*1-4H3;1-4H2;1H4. The maximum Gasteiger partial charge on any atom is -0.0411 e. The Morgan fingerprint density at radius 1 is 0.226 bits per heavy atom. The molecular formula is C31H70. The number of hydrogen-bond donors (Lipinski definition) is 0. The highest BCUT2D eigenvalue weighted by atomic mass is 14.0. The molecule has 0 heterocycles. The lowest BCUT2D eigenvalue weighted by atomic mass is 10.0. The second-order valence-corrected chi connectivity index (χ2v) is 14.3. The van der Waals surface area contributed by atoms with Crippen molar-refractivity contribution in [2.75, 3.05) is 0 Å². The first-order valence-electron chi connectivity index (χ1n) is 13.5. The molecule has 0 heteroatoms. The zero-order valence-electron chi connectivity index (χ0n) is 24.1. The maximum atomic E-state index is 2.19. The van der Waals surface area contributed by atoms with Crippen LogP contribution >= 0.6 is 0 Å². The molecule has 0 nitrogen and oxygen atoms in total. The van der Waals surface area contributed by atoms with Crippen LogP contribution in [0.4, 0.5) is 0 Å². The van der Waals surface area contributed by atoms with Gasteiger partial charge in [-0.3, -0.25) is 0 Å². The molecule has 0 N–H and O–H groups in total. The minimum atomic E-state index is 0. The fourth-order valence-electron chi connectivity index (χ4n) is 2.19. The minimum Gasteiger partial charge on any atom is -0.0776 e. The molecule has 3 saturated carbocycles. The smallest absolute Gasteiger partial charge is 0.0411 e. The van der Waals surface area contributed by atoms with Gasteiger partial charge in [0.05, 0.1) is 0 Å². The topological polar surface area (TPSA) is 0 Å². The van der Waals surface area contributed by atoms with E-state index in [1.54, 1.807) is 0 Å². The lowest BCUT2D eigenvalue weighted by Gasteiger charge is -2.05. The van der Waals surface area contributed by atoms with E-state index in [0.29, 0.717) is 16.2 Å². The molecule has 0 bridgehead atoms. The van der Waals surface area contributed by atoms with E-state index in [1.807, 2.05) is 0 Å². The van der Waals surface area contributed by atoms with E-state index in [9.17, 15) is 0 Å². The first kappa shape index (κ1) is 38.3. The van der Waals surface area contributed by atoms with Crippen LogP contribution in [0.25, 0.3) is 0 Å². The number of rotatable bonds is 0. The molecule has 0 spiro atoms. The van der Waals surface area contributed by atoms with E-state index >= 15 is 0 Å². The van der Waals surface area contributed by atoms with E-state index in [4.69, 9.17) is 0 Å². The Balaban J connectivity index is -0.000000141. The predicted octanol–water partition coefficient (Wildman–Crippen LogP) is 12.6. The first-order valence-corrected chi connectivity index (χ1v) is 13.5. The van der Waals surface area contributed by atoms with Gasteiger partial charge in [0.2, 0.25) is 0 Å². The van der Waals surface area contributed by atoms with Gasteiger partial charge in [-0.15, -0.1) is 0 Å². The predicted molar refractivity (Wildman–Crippen MR) is 151 cm³/mol. The van der Waals surface area contributed by atoms with Crippen LogP contribution in [0.2, 0.25) is 0 Å². The van der Waals surface area contributed by atoms with E-state index in [-0.39, 0.29) is 7.43 Å². The van der Waals surface area contributed by atoms with Crippen molar-refractivity contribution in [3.63, 3.8) is 0 Å². The van der Waals surface area contributed by atoms with Gasteiger partial charge in [0.1, 0.15) is 0 Å². The van der Waals surface area contributed by atoms with Crippen molar-refractivity contribution >= 4 is 0 Å². The van der Waals surface area contributed by atoms with Crippen molar-refractivity contribution in [1.29, 1.82) is 0 Å². The molecule has 3 fully saturated rings. The first-order chi connectivity index (χ1) is 13.5. The van der Waals surface area contributed by atoms with Crippen LogP contribution in [0.1, 0.15) is 187 Å². The summed E-state index contributed by atoms with van der Waals surface area (Å²) in [4.78, 5) is 0. The lowest BCUT2D eigenvalue weighted by molar-refractivity contribution is 0.469. The molecule has 31 heavy (non-hydrogen) atoms. The molecule has 194 valence electrons. The highest BCUT2D eigenvalue weighted by molar-refractivity contribution is 4.52. The van der Waals surface area contributed by atoms with Gasteiger partial charge in [0.15, 0.2) is 0 Å². The Kier molecular flexibility index (Phi) is 28.6. The van der Waals surface area contributed by atoms with Crippen LogP contribution < -0.4 is 0 Å². The molecule has 0 aliphatic heterocycles. The van der Waals surface area contributed by atoms with Gasteiger partial charge in [-0.2, -0.15) is 0 Å². The van der Waals surface area contributed by atoms with Crippen LogP contribution in [0.15, 0.2) is 0 Å². The summed E-state index contributed by atoms with van der Waals surface area (Å²) in [6.45, 7) is 26.2. The molecule has 3 rings (SSSR count). The molecule has 0 saturated heterocycles. The van der Waals surface area contributed by atoms with Crippen molar-refractivity contribution in [2.45, 2.75) is 187 Å². The van der Waals surface area contributed by atoms with Crippen molar-refractivity contribution in [3.05, 3.63) is 0 Å². The van der Waals surface area contributed by atoms with Gasteiger partial charge in [0, 0.05) is 0 Å². The van der Waals surface area contributed by atoms with Crippen molar-refractivity contribution in [3.8, 4) is 0 Å². The largest absolute Gasteiger partial charge is 0.0776 e. The van der Waals surface area contributed by atoms with Gasteiger partial charge in [-0.1, -0.05) is 187 Å². The highest BCUT2D eigenvalue weighted by Crippen LogP contribution is 2.16. The van der Waals surface area contributed by atoms with E-state index in [2.05, 4.69) is 83.1 Å². The summed E-state index contributed by atoms with van der Waals surface area (Å²) in [5.41, 5.74) is 1.50. The Morgan fingerprint density at radius 3 is 0.290 bits per heavy atom. The third kappa shape index (κ3) is 105. The van der Waals surface area contributed by atoms with E-state index in [0.717, 1.165) is 0 Å². The van der Waals surface area contributed by atoms with Crippen molar-refractivity contribution in [1.82, 2.24) is 0 Å². The quantitative estimate of drug-likeness (QED) is 0.350. The molecule has 0 atom stereocenters. The Morgan fingerprint density at radius 2 is 0.258 bits per heavy atom. The number of hydrogen-bond acceptors (Lipinski definition) is 0. The highest BCUT2D eigenvalue weighted by Gasteiger charge is 1.97. The molecule has 0 unspecified atom stereocenters. The third-order valence-electron chi connectivity index (χ3n) is 3.75. The maximum absolute atomic E-state index is 2.19. The van der Waals surface area contributed by atoms with Gasteiger partial charge in [0.25, 0.3) is 0 Å². The van der Waals surface area contributed by atoms with E-state index in [1.165, 1.54) is 96.3 Å². The van der Waals surface area contributed by atoms with Crippen LogP contribution in [0.3, 0.4) is 0 Å². The monoisotopic (exact) mass is 443 g/mol. The van der Waals surface area contributed by atoms with Crippen molar-refractivity contribution < 1.29 is 0 Å². The summed E-state index contributed by atoms with van der Waals surface area (Å²) in [6.07, 6.45) is 22.5. The Hall–Kier alpha value is 0.